The Labute approximate surface area is 163 Å². The Balaban J connectivity index is 1.70. The molecular weight excluding hydrogens is 337 g/mol. The van der Waals surface area contributed by atoms with E-state index in [9.17, 15) is 4.39 Å². The van der Waals surface area contributed by atoms with E-state index < -0.39 is 0 Å². The summed E-state index contributed by atoms with van der Waals surface area (Å²) in [6.07, 6.45) is 3.43. The van der Waals surface area contributed by atoms with Gasteiger partial charge < -0.3 is 10.1 Å². The fourth-order valence-corrected chi connectivity index (χ4v) is 4.11. The zero-order chi connectivity index (χ0) is 19.3. The van der Waals surface area contributed by atoms with E-state index in [1.54, 1.807) is 6.07 Å². The van der Waals surface area contributed by atoms with E-state index in [1.807, 2.05) is 12.1 Å². The first-order valence-electron chi connectivity index (χ1n) is 10.1. The van der Waals surface area contributed by atoms with Gasteiger partial charge in [-0.05, 0) is 50.3 Å². The van der Waals surface area contributed by atoms with Gasteiger partial charge in [-0.15, -0.1) is 0 Å². The Morgan fingerprint density at radius 3 is 2.59 bits per heavy atom. The van der Waals surface area contributed by atoms with Crippen LogP contribution in [0.5, 0.6) is 0 Å². The van der Waals surface area contributed by atoms with Crippen LogP contribution in [-0.2, 0) is 16.7 Å². The summed E-state index contributed by atoms with van der Waals surface area (Å²) in [6, 6.07) is 16.0. The van der Waals surface area contributed by atoms with Gasteiger partial charge in [-0.2, -0.15) is 0 Å². The minimum absolute atomic E-state index is 0.128. The summed E-state index contributed by atoms with van der Waals surface area (Å²) in [5.74, 6) is 0.380. The van der Waals surface area contributed by atoms with Crippen molar-refractivity contribution < 1.29 is 9.13 Å². The molecule has 27 heavy (non-hydrogen) atoms. The number of halogens is 1. The molecule has 2 nitrogen and oxygen atoms in total. The Kier molecular flexibility index (Phi) is 6.67. The van der Waals surface area contributed by atoms with Crippen molar-refractivity contribution in [3.05, 3.63) is 71.0 Å². The fourth-order valence-electron chi connectivity index (χ4n) is 4.11. The summed E-state index contributed by atoms with van der Waals surface area (Å²) >= 11 is 0. The van der Waals surface area contributed by atoms with Gasteiger partial charge in [0.15, 0.2) is 0 Å². The Hall–Kier alpha value is -1.71. The summed E-state index contributed by atoms with van der Waals surface area (Å²) in [7, 11) is 0. The monoisotopic (exact) mass is 369 g/mol. The number of ether oxygens (including phenoxy) is 1. The van der Waals surface area contributed by atoms with Gasteiger partial charge in [0, 0.05) is 24.1 Å². The first-order chi connectivity index (χ1) is 13.0. The van der Waals surface area contributed by atoms with Crippen LogP contribution in [-0.4, -0.2) is 19.3 Å². The third-order valence-corrected chi connectivity index (χ3v) is 5.97. The van der Waals surface area contributed by atoms with E-state index in [4.69, 9.17) is 4.74 Å². The van der Waals surface area contributed by atoms with E-state index >= 15 is 0 Å². The summed E-state index contributed by atoms with van der Waals surface area (Å²) in [4.78, 5) is 0. The third-order valence-electron chi connectivity index (χ3n) is 5.97. The maximum Gasteiger partial charge on any atom is 0.127 e. The van der Waals surface area contributed by atoms with Crippen LogP contribution in [0, 0.1) is 18.7 Å². The molecule has 0 unspecified atom stereocenters. The molecule has 0 saturated carbocycles. The summed E-state index contributed by atoms with van der Waals surface area (Å²) in [6.45, 7) is 8.86. The molecule has 146 valence electrons. The fraction of sp³-hybridized carbons (Fsp3) is 0.500. The van der Waals surface area contributed by atoms with E-state index in [-0.39, 0.29) is 11.2 Å². The van der Waals surface area contributed by atoms with Crippen molar-refractivity contribution in [1.82, 2.24) is 5.32 Å². The van der Waals surface area contributed by atoms with E-state index in [1.165, 1.54) is 17.2 Å². The molecular formula is C24H32FNO. The van der Waals surface area contributed by atoms with Crippen molar-refractivity contribution >= 4 is 0 Å². The molecule has 2 aromatic carbocycles. The minimum atomic E-state index is -0.135. The normalized spacial score (nSPS) is 22.9. The lowest BCUT2D eigenvalue weighted by atomic mass is 9.68. The summed E-state index contributed by atoms with van der Waals surface area (Å²) in [5.41, 5.74) is 3.56. The second kappa shape index (κ2) is 8.99. The van der Waals surface area contributed by atoms with Gasteiger partial charge in [0.25, 0.3) is 0 Å². The van der Waals surface area contributed by atoms with Crippen molar-refractivity contribution in [3.63, 3.8) is 0 Å². The van der Waals surface area contributed by atoms with Crippen molar-refractivity contribution in [3.8, 4) is 0 Å². The highest BCUT2D eigenvalue weighted by Gasteiger charge is 2.39. The van der Waals surface area contributed by atoms with Gasteiger partial charge in [-0.25, -0.2) is 4.39 Å². The predicted octanol–water partition coefficient (Wildman–Crippen LogP) is 5.39. The zero-order valence-corrected chi connectivity index (χ0v) is 16.8. The topological polar surface area (TPSA) is 21.3 Å². The molecule has 0 aliphatic carbocycles. The summed E-state index contributed by atoms with van der Waals surface area (Å²) < 4.78 is 19.9. The predicted molar refractivity (Wildman–Crippen MR) is 109 cm³/mol. The molecule has 0 bridgehead atoms. The van der Waals surface area contributed by atoms with Gasteiger partial charge in [-0.3, -0.25) is 0 Å². The highest BCUT2D eigenvalue weighted by Crippen LogP contribution is 2.41. The maximum absolute atomic E-state index is 13.8. The molecule has 3 heteroatoms. The van der Waals surface area contributed by atoms with Gasteiger partial charge in [0.2, 0.25) is 0 Å². The average molecular weight is 370 g/mol. The molecule has 3 rings (SSSR count). The molecule has 2 atom stereocenters. The van der Waals surface area contributed by atoms with Gasteiger partial charge >= 0.3 is 0 Å². The first kappa shape index (κ1) is 20.0. The number of hydrogen-bond acceptors (Lipinski definition) is 2. The van der Waals surface area contributed by atoms with Crippen molar-refractivity contribution in [1.29, 1.82) is 0 Å². The van der Waals surface area contributed by atoms with E-state index in [0.29, 0.717) is 18.6 Å². The molecule has 1 aliphatic heterocycles. The number of aryl methyl sites for hydroxylation is 1. The number of nitrogens with one attached hydrogen (secondary N) is 1. The third kappa shape index (κ3) is 4.97. The second-order valence-corrected chi connectivity index (χ2v) is 8.27. The lowest BCUT2D eigenvalue weighted by molar-refractivity contribution is -0.0469. The van der Waals surface area contributed by atoms with Crippen LogP contribution in [0.25, 0.3) is 0 Å². The smallest absolute Gasteiger partial charge is 0.127 e. The molecule has 1 fully saturated rings. The van der Waals surface area contributed by atoms with Crippen LogP contribution in [0.2, 0.25) is 0 Å². The Bertz CT molecular complexity index is 727. The van der Waals surface area contributed by atoms with E-state index in [2.05, 4.69) is 50.4 Å². The van der Waals surface area contributed by atoms with Gasteiger partial charge in [-0.1, -0.05) is 61.9 Å². The lowest BCUT2D eigenvalue weighted by Gasteiger charge is -2.43. The Morgan fingerprint density at radius 1 is 1.15 bits per heavy atom. The quantitative estimate of drug-likeness (QED) is 0.661. The Morgan fingerprint density at radius 2 is 1.89 bits per heavy atom. The minimum Gasteiger partial charge on any atom is -0.378 e. The lowest BCUT2D eigenvalue weighted by Crippen LogP contribution is -2.42. The van der Waals surface area contributed by atoms with Crippen LogP contribution < -0.4 is 5.32 Å². The molecule has 0 amide bonds. The van der Waals surface area contributed by atoms with Crippen LogP contribution in [0.15, 0.2) is 48.5 Å². The summed E-state index contributed by atoms with van der Waals surface area (Å²) in [5, 5.41) is 3.46. The van der Waals surface area contributed by atoms with E-state index in [0.717, 1.165) is 38.0 Å². The highest BCUT2D eigenvalue weighted by atomic mass is 19.1. The maximum atomic E-state index is 13.8. The van der Waals surface area contributed by atoms with Gasteiger partial charge in [0.05, 0.1) is 6.10 Å². The van der Waals surface area contributed by atoms with Gasteiger partial charge in [0.1, 0.15) is 5.82 Å². The van der Waals surface area contributed by atoms with Crippen molar-refractivity contribution in [2.24, 2.45) is 5.92 Å². The molecule has 0 aromatic heterocycles. The average Bonchev–Trinajstić information content (AvgIpc) is 2.67. The first-order valence-corrected chi connectivity index (χ1v) is 10.1. The molecule has 1 N–H and O–H groups in total. The number of hydrogen-bond donors (Lipinski definition) is 1. The van der Waals surface area contributed by atoms with Crippen molar-refractivity contribution in [2.75, 3.05) is 13.2 Å². The standard InChI is InChI=1S/C24H32FNO/c1-18(2)23-16-24(13-15-27-23,21-10-8-19(3)9-11-21)12-14-26-17-20-6-4-5-7-22(20)25/h4-11,18,23,26H,12-17H2,1-3H3/t23-,24+/m0/s1. The molecule has 2 aromatic rings. The largest absolute Gasteiger partial charge is 0.378 e. The molecule has 0 radical (unpaired) electrons. The molecule has 0 spiro atoms. The SMILES string of the molecule is Cc1ccc([C@]2(CCNCc3ccccc3F)CCO[C@H](C(C)C)C2)cc1. The van der Waals surface area contributed by atoms with Crippen LogP contribution in [0.3, 0.4) is 0 Å². The number of benzene rings is 2. The molecule has 1 saturated heterocycles. The van der Waals surface area contributed by atoms with Crippen LogP contribution in [0.1, 0.15) is 49.8 Å². The molecule has 1 heterocycles. The zero-order valence-electron chi connectivity index (χ0n) is 16.8. The molecule has 1 aliphatic rings. The van der Waals surface area contributed by atoms with Crippen LogP contribution in [0.4, 0.5) is 4.39 Å². The van der Waals surface area contributed by atoms with Crippen LogP contribution >= 0.6 is 0 Å². The highest BCUT2D eigenvalue weighted by molar-refractivity contribution is 5.30. The van der Waals surface area contributed by atoms with Crippen molar-refractivity contribution in [2.45, 2.75) is 58.1 Å². The number of rotatable bonds is 7. The second-order valence-electron chi connectivity index (χ2n) is 8.27.